The molecule has 1 saturated heterocycles. The maximum Gasteiger partial charge on any atom is 0.186 e. The van der Waals surface area contributed by atoms with E-state index in [1.165, 1.54) is 10.4 Å². The van der Waals surface area contributed by atoms with Crippen LogP contribution in [0.5, 0.6) is 0 Å². The molecule has 1 aliphatic heterocycles. The second-order valence-electron chi connectivity index (χ2n) is 4.50. The van der Waals surface area contributed by atoms with Crippen LogP contribution in [0.2, 0.25) is 0 Å². The number of piperazine rings is 1. The smallest absolute Gasteiger partial charge is 0.186 e. The molecular weight excluding hydrogens is 313 g/mol. The zero-order valence-electron chi connectivity index (χ0n) is 11.3. The third-order valence-corrected chi connectivity index (χ3v) is 4.25. The van der Waals surface area contributed by atoms with Crippen LogP contribution in [-0.4, -0.2) is 31.2 Å². The molecular formula is C14H19Cl2N3S. The predicted octanol–water partition coefficient (Wildman–Crippen LogP) is 3.37. The molecule has 3 rings (SSSR count). The molecule has 0 aliphatic carbocycles. The number of nitrogens with zero attached hydrogens (tertiary/aromatic N) is 2. The van der Waals surface area contributed by atoms with Gasteiger partial charge in [0.1, 0.15) is 0 Å². The van der Waals surface area contributed by atoms with E-state index < -0.39 is 0 Å². The summed E-state index contributed by atoms with van der Waals surface area (Å²) >= 11 is 1.80. The van der Waals surface area contributed by atoms with Gasteiger partial charge in [0.25, 0.3) is 0 Å². The Balaban J connectivity index is 0.000001000. The van der Waals surface area contributed by atoms with Crippen LogP contribution in [-0.2, 0) is 0 Å². The van der Waals surface area contributed by atoms with E-state index in [-0.39, 0.29) is 24.8 Å². The minimum Gasteiger partial charge on any atom is -0.346 e. The lowest BCUT2D eigenvalue weighted by Crippen LogP contribution is -2.43. The molecule has 2 aromatic rings. The van der Waals surface area contributed by atoms with Crippen LogP contribution in [0.4, 0.5) is 5.13 Å². The summed E-state index contributed by atoms with van der Waals surface area (Å²) in [6.07, 6.45) is 0. The van der Waals surface area contributed by atoms with Gasteiger partial charge >= 0.3 is 0 Å². The number of hydrogen-bond acceptors (Lipinski definition) is 4. The molecule has 1 aromatic carbocycles. The molecule has 0 spiro atoms. The molecule has 20 heavy (non-hydrogen) atoms. The van der Waals surface area contributed by atoms with E-state index in [0.717, 1.165) is 37.0 Å². The fourth-order valence-corrected chi connectivity index (χ4v) is 3.22. The molecule has 6 heteroatoms. The van der Waals surface area contributed by atoms with Crippen molar-refractivity contribution in [2.45, 2.75) is 6.92 Å². The van der Waals surface area contributed by atoms with Crippen LogP contribution >= 0.6 is 36.2 Å². The topological polar surface area (TPSA) is 28.2 Å². The van der Waals surface area contributed by atoms with E-state index in [4.69, 9.17) is 4.98 Å². The average molecular weight is 332 g/mol. The van der Waals surface area contributed by atoms with Crippen molar-refractivity contribution < 1.29 is 0 Å². The van der Waals surface area contributed by atoms with Crippen molar-refractivity contribution in [1.29, 1.82) is 0 Å². The Morgan fingerprint density at radius 2 is 1.75 bits per heavy atom. The van der Waals surface area contributed by atoms with Crippen LogP contribution in [0.3, 0.4) is 0 Å². The summed E-state index contributed by atoms with van der Waals surface area (Å²) in [5.74, 6) is 0. The van der Waals surface area contributed by atoms with Crippen LogP contribution < -0.4 is 10.2 Å². The van der Waals surface area contributed by atoms with Gasteiger partial charge in [-0.1, -0.05) is 30.3 Å². The van der Waals surface area contributed by atoms with Crippen LogP contribution in [0, 0.1) is 6.92 Å². The largest absolute Gasteiger partial charge is 0.346 e. The lowest BCUT2D eigenvalue weighted by molar-refractivity contribution is 0.588. The van der Waals surface area contributed by atoms with Gasteiger partial charge in [-0.15, -0.1) is 36.2 Å². The Hall–Kier alpha value is -0.810. The number of thiazole rings is 1. The lowest BCUT2D eigenvalue weighted by Gasteiger charge is -2.26. The summed E-state index contributed by atoms with van der Waals surface area (Å²) in [7, 11) is 0. The molecule has 0 unspecified atom stereocenters. The molecule has 110 valence electrons. The van der Waals surface area contributed by atoms with Gasteiger partial charge in [0.05, 0.1) is 5.69 Å². The highest BCUT2D eigenvalue weighted by atomic mass is 35.5. The first-order valence-corrected chi connectivity index (χ1v) is 7.15. The van der Waals surface area contributed by atoms with Gasteiger partial charge in [0, 0.05) is 36.6 Å². The molecule has 1 N–H and O–H groups in total. The van der Waals surface area contributed by atoms with Crippen LogP contribution in [0.1, 0.15) is 4.88 Å². The van der Waals surface area contributed by atoms with Crippen molar-refractivity contribution in [1.82, 2.24) is 10.3 Å². The van der Waals surface area contributed by atoms with Crippen LogP contribution in [0.25, 0.3) is 11.3 Å². The highest BCUT2D eigenvalue weighted by Gasteiger charge is 2.16. The standard InChI is InChI=1S/C14H17N3S.2ClH/c1-11-13(12-5-3-2-4-6-12)16-14(18-11)17-9-7-15-8-10-17;;/h2-6,15H,7-10H2,1H3;2*1H. The van der Waals surface area contributed by atoms with E-state index >= 15 is 0 Å². The number of halogens is 2. The number of rotatable bonds is 2. The van der Waals surface area contributed by atoms with Crippen molar-refractivity contribution in [2.75, 3.05) is 31.1 Å². The Kier molecular flexibility index (Phi) is 6.76. The van der Waals surface area contributed by atoms with E-state index in [1.807, 2.05) is 6.07 Å². The summed E-state index contributed by atoms with van der Waals surface area (Å²) in [4.78, 5) is 8.50. The number of hydrogen-bond donors (Lipinski definition) is 1. The molecule has 1 fully saturated rings. The highest BCUT2D eigenvalue weighted by Crippen LogP contribution is 2.32. The molecule has 0 radical (unpaired) electrons. The predicted molar refractivity (Wildman–Crippen MR) is 91.9 cm³/mol. The summed E-state index contributed by atoms with van der Waals surface area (Å²) in [6, 6.07) is 10.4. The first-order valence-electron chi connectivity index (χ1n) is 6.33. The van der Waals surface area contributed by atoms with E-state index in [0.29, 0.717) is 0 Å². The fourth-order valence-electron chi connectivity index (χ4n) is 2.24. The number of benzene rings is 1. The van der Waals surface area contributed by atoms with Crippen molar-refractivity contribution in [3.63, 3.8) is 0 Å². The zero-order chi connectivity index (χ0) is 12.4. The zero-order valence-corrected chi connectivity index (χ0v) is 13.8. The number of nitrogens with one attached hydrogen (secondary N) is 1. The van der Waals surface area contributed by atoms with E-state index in [1.54, 1.807) is 11.3 Å². The average Bonchev–Trinajstić information content (AvgIpc) is 2.83. The number of aromatic nitrogens is 1. The molecule has 0 saturated carbocycles. The monoisotopic (exact) mass is 331 g/mol. The molecule has 0 bridgehead atoms. The fraction of sp³-hybridized carbons (Fsp3) is 0.357. The van der Waals surface area contributed by atoms with Crippen molar-refractivity contribution >= 4 is 41.3 Å². The normalized spacial score (nSPS) is 14.3. The molecule has 0 atom stereocenters. The van der Waals surface area contributed by atoms with Gasteiger partial charge in [0.15, 0.2) is 5.13 Å². The maximum atomic E-state index is 4.82. The third-order valence-electron chi connectivity index (χ3n) is 3.22. The summed E-state index contributed by atoms with van der Waals surface area (Å²) in [6.45, 7) is 6.38. The Morgan fingerprint density at radius 3 is 2.40 bits per heavy atom. The highest BCUT2D eigenvalue weighted by molar-refractivity contribution is 7.16. The molecule has 1 aliphatic rings. The lowest BCUT2D eigenvalue weighted by atomic mass is 10.1. The van der Waals surface area contributed by atoms with Gasteiger partial charge < -0.3 is 10.2 Å². The summed E-state index contributed by atoms with van der Waals surface area (Å²) < 4.78 is 0. The van der Waals surface area contributed by atoms with Gasteiger partial charge in [-0.25, -0.2) is 4.98 Å². The molecule has 1 aromatic heterocycles. The third kappa shape index (κ3) is 3.64. The van der Waals surface area contributed by atoms with Gasteiger partial charge in [-0.2, -0.15) is 0 Å². The molecule has 3 nitrogen and oxygen atoms in total. The minimum atomic E-state index is 0. The van der Waals surface area contributed by atoms with E-state index in [9.17, 15) is 0 Å². The second kappa shape index (κ2) is 7.84. The Labute approximate surface area is 136 Å². The molecule has 0 amide bonds. The van der Waals surface area contributed by atoms with E-state index in [2.05, 4.69) is 41.4 Å². The number of anilines is 1. The SMILES string of the molecule is Cc1sc(N2CCNCC2)nc1-c1ccccc1.Cl.Cl. The van der Waals surface area contributed by atoms with Crippen LogP contribution in [0.15, 0.2) is 30.3 Å². The van der Waals surface area contributed by atoms with Crippen molar-refractivity contribution in [3.05, 3.63) is 35.2 Å². The van der Waals surface area contributed by atoms with Gasteiger partial charge in [0.2, 0.25) is 0 Å². The first-order chi connectivity index (χ1) is 8.84. The summed E-state index contributed by atoms with van der Waals surface area (Å²) in [5, 5.41) is 4.53. The second-order valence-corrected chi connectivity index (χ2v) is 5.69. The quantitative estimate of drug-likeness (QED) is 0.914. The van der Waals surface area contributed by atoms with Crippen molar-refractivity contribution in [2.24, 2.45) is 0 Å². The van der Waals surface area contributed by atoms with Gasteiger partial charge in [-0.3, -0.25) is 0 Å². The maximum absolute atomic E-state index is 4.82. The number of aryl methyl sites for hydroxylation is 1. The van der Waals surface area contributed by atoms with Crippen molar-refractivity contribution in [3.8, 4) is 11.3 Å². The summed E-state index contributed by atoms with van der Waals surface area (Å²) in [5.41, 5.74) is 2.35. The Bertz CT molecular complexity index is 524. The first kappa shape index (κ1) is 17.2. The minimum absolute atomic E-state index is 0. The molecule has 2 heterocycles. The van der Waals surface area contributed by atoms with Gasteiger partial charge in [-0.05, 0) is 6.92 Å². The Morgan fingerprint density at radius 1 is 1.10 bits per heavy atom.